The quantitative estimate of drug-likeness (QED) is 0.717. The fourth-order valence-electron chi connectivity index (χ4n) is 2.75. The molecule has 9 heteroatoms. The number of carbonyl (C=O) groups excluding carboxylic acids is 1. The van der Waals surface area contributed by atoms with E-state index in [-0.39, 0.29) is 17.0 Å². The van der Waals surface area contributed by atoms with Crippen LogP contribution in [0.3, 0.4) is 0 Å². The van der Waals surface area contributed by atoms with Crippen molar-refractivity contribution in [1.82, 2.24) is 9.62 Å². The SMILES string of the molecule is COC(CNC(=O)c1cc(S(=O)(=O)N2CCC(C)CC2)ccc1F)OC. The summed E-state index contributed by atoms with van der Waals surface area (Å²) in [5.74, 6) is -1.04. The highest BCUT2D eigenvalue weighted by Crippen LogP contribution is 2.24. The lowest BCUT2D eigenvalue weighted by Gasteiger charge is -2.29. The summed E-state index contributed by atoms with van der Waals surface area (Å²) in [5.41, 5.74) is -0.331. The van der Waals surface area contributed by atoms with Crippen LogP contribution in [0.1, 0.15) is 30.1 Å². The Balaban J connectivity index is 2.19. The smallest absolute Gasteiger partial charge is 0.254 e. The van der Waals surface area contributed by atoms with Crippen molar-refractivity contribution in [2.24, 2.45) is 5.92 Å². The Morgan fingerprint density at radius 1 is 1.31 bits per heavy atom. The average Bonchev–Trinajstić information content (AvgIpc) is 2.63. The van der Waals surface area contributed by atoms with Gasteiger partial charge in [0.05, 0.1) is 17.0 Å². The Kier molecular flexibility index (Phi) is 7.10. The molecule has 7 nitrogen and oxygen atoms in total. The lowest BCUT2D eigenvalue weighted by molar-refractivity contribution is -0.0974. The van der Waals surface area contributed by atoms with Crippen LogP contribution in [0.15, 0.2) is 23.1 Å². The van der Waals surface area contributed by atoms with E-state index >= 15 is 0 Å². The highest BCUT2D eigenvalue weighted by atomic mass is 32.2. The molecular weight excluding hydrogens is 363 g/mol. The summed E-state index contributed by atoms with van der Waals surface area (Å²) in [5, 5.41) is 2.47. The second kappa shape index (κ2) is 8.90. The van der Waals surface area contributed by atoms with Crippen LogP contribution in [0.4, 0.5) is 4.39 Å². The first-order chi connectivity index (χ1) is 12.3. The molecule has 0 bridgehead atoms. The Morgan fingerprint density at radius 3 is 2.50 bits per heavy atom. The Morgan fingerprint density at radius 2 is 1.92 bits per heavy atom. The molecule has 1 N–H and O–H groups in total. The van der Waals surface area contributed by atoms with Crippen molar-refractivity contribution in [3.8, 4) is 0 Å². The average molecular weight is 388 g/mol. The van der Waals surface area contributed by atoms with Gasteiger partial charge in [0.1, 0.15) is 5.82 Å². The summed E-state index contributed by atoms with van der Waals surface area (Å²) >= 11 is 0. The van der Waals surface area contributed by atoms with Gasteiger partial charge in [0, 0.05) is 27.3 Å². The Hall–Kier alpha value is -1.55. The minimum atomic E-state index is -3.76. The Bertz CT molecular complexity index is 729. The largest absolute Gasteiger partial charge is 0.354 e. The number of benzene rings is 1. The van der Waals surface area contributed by atoms with Crippen molar-refractivity contribution >= 4 is 15.9 Å². The molecule has 1 aromatic carbocycles. The number of rotatable bonds is 7. The van der Waals surface area contributed by atoms with Crippen molar-refractivity contribution in [3.63, 3.8) is 0 Å². The molecule has 2 rings (SSSR count). The minimum absolute atomic E-state index is 0.00621. The molecule has 26 heavy (non-hydrogen) atoms. The van der Waals surface area contributed by atoms with E-state index in [0.717, 1.165) is 25.0 Å². The number of carbonyl (C=O) groups is 1. The van der Waals surface area contributed by atoms with Crippen LogP contribution in [0.25, 0.3) is 0 Å². The van der Waals surface area contributed by atoms with E-state index in [2.05, 4.69) is 12.2 Å². The number of ether oxygens (including phenoxy) is 2. The highest BCUT2D eigenvalue weighted by molar-refractivity contribution is 7.89. The molecule has 1 aliphatic rings. The first-order valence-corrected chi connectivity index (χ1v) is 9.87. The number of halogens is 1. The number of methoxy groups -OCH3 is 2. The van der Waals surface area contributed by atoms with Gasteiger partial charge in [-0.05, 0) is 37.0 Å². The van der Waals surface area contributed by atoms with Gasteiger partial charge in [-0.15, -0.1) is 0 Å². The monoisotopic (exact) mass is 388 g/mol. The summed E-state index contributed by atoms with van der Waals surface area (Å²) < 4.78 is 50.9. The van der Waals surface area contributed by atoms with Gasteiger partial charge in [-0.25, -0.2) is 12.8 Å². The van der Waals surface area contributed by atoms with Crippen molar-refractivity contribution in [1.29, 1.82) is 0 Å². The number of sulfonamides is 1. The van der Waals surface area contributed by atoms with Crippen LogP contribution < -0.4 is 5.32 Å². The van der Waals surface area contributed by atoms with Gasteiger partial charge in [-0.1, -0.05) is 6.92 Å². The van der Waals surface area contributed by atoms with Gasteiger partial charge in [-0.3, -0.25) is 4.79 Å². The van der Waals surface area contributed by atoms with Crippen LogP contribution in [-0.2, 0) is 19.5 Å². The summed E-state index contributed by atoms with van der Waals surface area (Å²) in [7, 11) is -0.941. The molecule has 0 saturated carbocycles. The van der Waals surface area contributed by atoms with Crippen molar-refractivity contribution in [2.75, 3.05) is 33.9 Å². The number of amides is 1. The van der Waals surface area contributed by atoms with Crippen LogP contribution in [0.5, 0.6) is 0 Å². The molecule has 1 aromatic rings. The van der Waals surface area contributed by atoms with E-state index in [1.165, 1.54) is 24.6 Å². The number of hydrogen-bond donors (Lipinski definition) is 1. The number of nitrogens with zero attached hydrogens (tertiary/aromatic N) is 1. The second-order valence-electron chi connectivity index (χ2n) is 6.34. The predicted octanol–water partition coefficient (Wildman–Crippen LogP) is 1.59. The van der Waals surface area contributed by atoms with E-state index in [4.69, 9.17) is 9.47 Å². The number of piperidine rings is 1. The third-order valence-electron chi connectivity index (χ3n) is 4.52. The van der Waals surface area contributed by atoms with Crippen LogP contribution in [0.2, 0.25) is 0 Å². The second-order valence-corrected chi connectivity index (χ2v) is 8.28. The molecule has 0 aliphatic carbocycles. The molecule has 1 amide bonds. The van der Waals surface area contributed by atoms with Gasteiger partial charge in [0.15, 0.2) is 6.29 Å². The van der Waals surface area contributed by atoms with E-state index < -0.39 is 28.0 Å². The summed E-state index contributed by atoms with van der Waals surface area (Å²) in [4.78, 5) is 12.1. The third-order valence-corrected chi connectivity index (χ3v) is 6.41. The summed E-state index contributed by atoms with van der Waals surface area (Å²) in [6, 6.07) is 3.26. The maximum atomic E-state index is 14.1. The van der Waals surface area contributed by atoms with Crippen LogP contribution >= 0.6 is 0 Å². The maximum absolute atomic E-state index is 14.1. The Labute approximate surface area is 153 Å². The van der Waals surface area contributed by atoms with Gasteiger partial charge in [0.2, 0.25) is 10.0 Å². The zero-order valence-corrected chi connectivity index (χ0v) is 16.0. The van der Waals surface area contributed by atoms with E-state index in [9.17, 15) is 17.6 Å². The number of hydrogen-bond acceptors (Lipinski definition) is 5. The highest BCUT2D eigenvalue weighted by Gasteiger charge is 2.29. The molecule has 1 fully saturated rings. The van der Waals surface area contributed by atoms with E-state index in [1.54, 1.807) is 0 Å². The molecule has 0 spiro atoms. The molecule has 1 heterocycles. The molecule has 146 valence electrons. The first-order valence-electron chi connectivity index (χ1n) is 8.43. The molecule has 0 atom stereocenters. The van der Waals surface area contributed by atoms with Gasteiger partial charge >= 0.3 is 0 Å². The number of nitrogens with one attached hydrogen (secondary N) is 1. The molecule has 1 saturated heterocycles. The fourth-order valence-corrected chi connectivity index (χ4v) is 4.24. The summed E-state index contributed by atoms with van der Waals surface area (Å²) in [6.07, 6.45) is 0.885. The minimum Gasteiger partial charge on any atom is -0.354 e. The maximum Gasteiger partial charge on any atom is 0.254 e. The lowest BCUT2D eigenvalue weighted by atomic mass is 10.0. The predicted molar refractivity (Wildman–Crippen MR) is 93.7 cm³/mol. The topological polar surface area (TPSA) is 84.9 Å². The lowest BCUT2D eigenvalue weighted by Crippen LogP contribution is -2.38. The first kappa shape index (κ1) is 20.8. The van der Waals surface area contributed by atoms with Crippen molar-refractivity contribution in [2.45, 2.75) is 31.0 Å². The summed E-state index contributed by atoms with van der Waals surface area (Å²) in [6.45, 7) is 2.93. The molecule has 0 unspecified atom stereocenters. The van der Waals surface area contributed by atoms with E-state index in [1.807, 2.05) is 0 Å². The van der Waals surface area contributed by atoms with Crippen LogP contribution in [0, 0.1) is 11.7 Å². The van der Waals surface area contributed by atoms with Crippen molar-refractivity contribution in [3.05, 3.63) is 29.6 Å². The van der Waals surface area contributed by atoms with E-state index in [0.29, 0.717) is 19.0 Å². The normalized spacial score (nSPS) is 16.8. The molecule has 1 aliphatic heterocycles. The van der Waals surface area contributed by atoms with Gasteiger partial charge in [0.25, 0.3) is 5.91 Å². The zero-order chi connectivity index (χ0) is 19.3. The third kappa shape index (κ3) is 4.79. The zero-order valence-electron chi connectivity index (χ0n) is 15.2. The fraction of sp³-hybridized carbons (Fsp3) is 0.588. The molecule has 0 aromatic heterocycles. The van der Waals surface area contributed by atoms with Gasteiger partial charge < -0.3 is 14.8 Å². The standard InChI is InChI=1S/C17H25FN2O5S/c1-12-6-8-20(9-7-12)26(22,23)13-4-5-15(18)14(10-13)17(21)19-11-16(24-2)25-3/h4-5,10,12,16H,6-9,11H2,1-3H3,(H,19,21). The van der Waals surface area contributed by atoms with Crippen molar-refractivity contribution < 1.29 is 27.1 Å². The molecular formula is C17H25FN2O5S. The van der Waals surface area contributed by atoms with Crippen LogP contribution in [-0.4, -0.2) is 58.8 Å². The molecule has 0 radical (unpaired) electrons. The van der Waals surface area contributed by atoms with Gasteiger partial charge in [-0.2, -0.15) is 4.31 Å².